The normalized spacial score (nSPS) is 21.8. The number of nitro groups is 1. The number of likely N-dealkylation sites (tertiary alicyclic amines) is 1. The van der Waals surface area contributed by atoms with Crippen LogP contribution in [0, 0.1) is 29.9 Å². The second-order valence-electron chi connectivity index (χ2n) is 11.2. The first-order valence-electron chi connectivity index (χ1n) is 14.5. The molecule has 11 heteroatoms. The number of nitrogens with one attached hydrogen (secondary N) is 1. The number of benzene rings is 2. The van der Waals surface area contributed by atoms with Crippen molar-refractivity contribution in [3.05, 3.63) is 120 Å². The van der Waals surface area contributed by atoms with Crippen molar-refractivity contribution >= 4 is 46.0 Å². The summed E-state index contributed by atoms with van der Waals surface area (Å²) < 4.78 is 0. The Labute approximate surface area is 263 Å². The minimum atomic E-state index is -0.998. The van der Waals surface area contributed by atoms with Gasteiger partial charge in [0.1, 0.15) is 6.04 Å². The van der Waals surface area contributed by atoms with Gasteiger partial charge < -0.3 is 15.1 Å². The Morgan fingerprint density at radius 1 is 0.909 bits per heavy atom. The molecule has 1 N–H and O–H groups in total. The van der Waals surface area contributed by atoms with Gasteiger partial charge in [0.25, 0.3) is 11.6 Å². The number of thiophene rings is 2. The molecule has 0 radical (unpaired) electrons. The van der Waals surface area contributed by atoms with Gasteiger partial charge in [0.15, 0.2) is 5.78 Å². The molecule has 4 heterocycles. The molecule has 4 atom stereocenters. The number of Topliss-reactive ketones (excluding diaryl/α,β-unsaturated/α-hetero) is 1. The van der Waals surface area contributed by atoms with Gasteiger partial charge in [0.05, 0.1) is 21.8 Å². The van der Waals surface area contributed by atoms with Gasteiger partial charge in [-0.15, -0.1) is 22.7 Å². The van der Waals surface area contributed by atoms with Gasteiger partial charge in [-0.2, -0.15) is 0 Å². The summed E-state index contributed by atoms with van der Waals surface area (Å²) >= 11 is 2.74. The molecule has 4 unspecified atom stereocenters. The number of carbonyl (C=O) groups is 3. The summed E-state index contributed by atoms with van der Waals surface area (Å²) in [5, 5.41) is 18.9. The number of ketones is 1. The lowest BCUT2D eigenvalue weighted by Gasteiger charge is -2.36. The zero-order chi connectivity index (χ0) is 31.0. The molecule has 2 amide bonds. The number of nitrogens with zero attached hydrogens (tertiary/aromatic N) is 3. The van der Waals surface area contributed by atoms with Crippen LogP contribution in [0.25, 0.3) is 0 Å². The lowest BCUT2D eigenvalue weighted by Crippen LogP contribution is -2.54. The average molecular weight is 629 g/mol. The number of carbonyl (C=O) groups excluding carboxylic acids is 3. The number of rotatable bonds is 7. The maximum Gasteiger partial charge on any atom is 0.269 e. The minimum absolute atomic E-state index is 0.145. The van der Waals surface area contributed by atoms with Crippen molar-refractivity contribution < 1.29 is 19.3 Å². The van der Waals surface area contributed by atoms with Gasteiger partial charge in [-0.3, -0.25) is 24.5 Å². The highest BCUT2D eigenvalue weighted by molar-refractivity contribution is 7.12. The molecule has 0 spiro atoms. The third-order valence-electron chi connectivity index (χ3n) is 8.66. The lowest BCUT2D eigenvalue weighted by molar-refractivity contribution is -0.385. The van der Waals surface area contributed by atoms with Gasteiger partial charge in [0.2, 0.25) is 5.91 Å². The van der Waals surface area contributed by atoms with E-state index in [1.165, 1.54) is 34.8 Å². The van der Waals surface area contributed by atoms with Crippen LogP contribution in [0.2, 0.25) is 0 Å². The maximum absolute atomic E-state index is 14.9. The molecule has 2 aliphatic rings. The van der Waals surface area contributed by atoms with Crippen LogP contribution in [0.4, 0.5) is 5.69 Å². The highest BCUT2D eigenvalue weighted by Gasteiger charge is 2.59. The van der Waals surface area contributed by atoms with Crippen LogP contribution in [0.15, 0.2) is 77.5 Å². The van der Waals surface area contributed by atoms with Gasteiger partial charge in [0, 0.05) is 54.7 Å². The second kappa shape index (κ2) is 12.4. The Bertz CT molecular complexity index is 1710. The molecule has 0 saturated carbocycles. The first kappa shape index (κ1) is 29.9. The summed E-state index contributed by atoms with van der Waals surface area (Å²) in [5.74, 6) is -2.33. The van der Waals surface area contributed by atoms with Crippen molar-refractivity contribution in [1.82, 2.24) is 15.1 Å². The first-order chi connectivity index (χ1) is 21.3. The van der Waals surface area contributed by atoms with Crippen molar-refractivity contribution in [2.45, 2.75) is 31.8 Å². The Morgan fingerprint density at radius 3 is 2.34 bits per heavy atom. The van der Waals surface area contributed by atoms with Crippen LogP contribution >= 0.6 is 22.7 Å². The Morgan fingerprint density at radius 2 is 1.68 bits per heavy atom. The fourth-order valence-electron chi connectivity index (χ4n) is 6.59. The summed E-state index contributed by atoms with van der Waals surface area (Å²) in [7, 11) is 0. The molecule has 2 aromatic heterocycles. The molecule has 0 aliphatic carbocycles. The van der Waals surface area contributed by atoms with E-state index < -0.39 is 28.8 Å². The van der Waals surface area contributed by atoms with Crippen molar-refractivity contribution in [3.8, 4) is 0 Å². The highest BCUT2D eigenvalue weighted by Crippen LogP contribution is 2.54. The van der Waals surface area contributed by atoms with Crippen LogP contribution in [0.1, 0.15) is 53.6 Å². The van der Waals surface area contributed by atoms with Gasteiger partial charge in [-0.25, -0.2) is 0 Å². The maximum atomic E-state index is 14.9. The number of piperazine rings is 1. The molecule has 9 nitrogen and oxygen atoms in total. The standard InChI is InChI=1S/C33H32N4O5S2/c1-20-7-3-4-10-24(20)30(38)26-27(31-21(2)12-18-44-31)29(33(40)35-15-13-34-14-16-35)36(32(39)25-11-6-17-43-25)28(26)22-8-5-9-23(19-22)37(41)42/h3-12,17-19,26-29,34H,13-16H2,1-2H3. The third-order valence-corrected chi connectivity index (χ3v) is 10.6. The predicted molar refractivity (Wildman–Crippen MR) is 170 cm³/mol. The lowest BCUT2D eigenvalue weighted by atomic mass is 9.77. The molecular formula is C33H32N4O5S2. The third kappa shape index (κ3) is 5.36. The summed E-state index contributed by atoms with van der Waals surface area (Å²) in [6.07, 6.45) is 0. The molecule has 6 rings (SSSR count). The van der Waals surface area contributed by atoms with Crippen LogP contribution in [-0.2, 0) is 4.79 Å². The molecule has 0 bridgehead atoms. The molecule has 2 aromatic carbocycles. The fraction of sp³-hybridized carbons (Fsp3) is 0.303. The van der Waals surface area contributed by atoms with E-state index in [9.17, 15) is 24.5 Å². The van der Waals surface area contributed by atoms with Crippen LogP contribution < -0.4 is 5.32 Å². The van der Waals surface area contributed by atoms with Crippen molar-refractivity contribution in [2.24, 2.45) is 5.92 Å². The van der Waals surface area contributed by atoms with Crippen molar-refractivity contribution in [1.29, 1.82) is 0 Å². The topological polar surface area (TPSA) is 113 Å². The number of hydrogen-bond acceptors (Lipinski definition) is 8. The summed E-state index contributed by atoms with van der Waals surface area (Å²) in [5.41, 5.74) is 2.53. The smallest absolute Gasteiger partial charge is 0.269 e. The van der Waals surface area contributed by atoms with Crippen LogP contribution in [0.5, 0.6) is 0 Å². The van der Waals surface area contributed by atoms with Crippen LogP contribution in [-0.4, -0.2) is 64.5 Å². The van der Waals surface area contributed by atoms with Gasteiger partial charge in [-0.05, 0) is 53.4 Å². The summed E-state index contributed by atoms with van der Waals surface area (Å²) in [6, 6.07) is 17.0. The molecule has 2 saturated heterocycles. The predicted octanol–water partition coefficient (Wildman–Crippen LogP) is 5.62. The minimum Gasteiger partial charge on any atom is -0.338 e. The van der Waals surface area contributed by atoms with Gasteiger partial charge in [-0.1, -0.05) is 42.5 Å². The summed E-state index contributed by atoms with van der Waals surface area (Å²) in [4.78, 5) is 60.3. The zero-order valence-corrected chi connectivity index (χ0v) is 26.0. The van der Waals surface area contributed by atoms with E-state index in [2.05, 4.69) is 5.32 Å². The van der Waals surface area contributed by atoms with E-state index in [-0.39, 0.29) is 23.3 Å². The highest BCUT2D eigenvalue weighted by atomic mass is 32.1. The number of nitro benzene ring substituents is 1. The number of amides is 2. The number of aryl methyl sites for hydroxylation is 2. The monoisotopic (exact) mass is 628 g/mol. The zero-order valence-electron chi connectivity index (χ0n) is 24.3. The molecular weight excluding hydrogens is 597 g/mol. The van der Waals surface area contributed by atoms with E-state index in [0.717, 1.165) is 16.0 Å². The van der Waals surface area contributed by atoms with E-state index in [0.29, 0.717) is 42.2 Å². The average Bonchev–Trinajstić information content (AvgIpc) is 3.80. The van der Waals surface area contributed by atoms with E-state index in [4.69, 9.17) is 0 Å². The molecule has 226 valence electrons. The largest absolute Gasteiger partial charge is 0.338 e. The van der Waals surface area contributed by atoms with Crippen LogP contribution in [0.3, 0.4) is 0 Å². The Kier molecular flexibility index (Phi) is 8.44. The molecule has 4 aromatic rings. The number of hydrogen-bond donors (Lipinski definition) is 1. The molecule has 44 heavy (non-hydrogen) atoms. The SMILES string of the molecule is Cc1ccccc1C(=O)C1C(c2sccc2C)C(C(=O)N2CCNCC2)N(C(=O)c2cccs2)C1c1cccc([N+](=O)[O-])c1. The second-order valence-corrected chi connectivity index (χ2v) is 13.1. The molecule has 2 aliphatic heterocycles. The molecule has 2 fully saturated rings. The Balaban J connectivity index is 1.64. The quantitative estimate of drug-likeness (QED) is 0.162. The van der Waals surface area contributed by atoms with E-state index >= 15 is 0 Å². The van der Waals surface area contributed by atoms with Gasteiger partial charge >= 0.3 is 0 Å². The summed E-state index contributed by atoms with van der Waals surface area (Å²) in [6.45, 7) is 6.03. The number of non-ortho nitro benzene ring substituents is 1. The van der Waals surface area contributed by atoms with Crippen molar-refractivity contribution in [2.75, 3.05) is 26.2 Å². The van der Waals surface area contributed by atoms with Crippen molar-refractivity contribution in [3.63, 3.8) is 0 Å². The fourth-order valence-corrected chi connectivity index (χ4v) is 8.37. The Hall–Kier alpha value is -4.19. The van der Waals surface area contributed by atoms with E-state index in [1.54, 1.807) is 51.6 Å². The first-order valence-corrected chi connectivity index (χ1v) is 16.3. The van der Waals surface area contributed by atoms with E-state index in [1.807, 2.05) is 37.4 Å².